The molecule has 0 aliphatic carbocycles. The first kappa shape index (κ1) is 27.1. The average Bonchev–Trinajstić information content (AvgIpc) is 3.48. The van der Waals surface area contributed by atoms with Crippen LogP contribution in [0, 0.1) is 13.8 Å². The Balaban J connectivity index is 1.31. The number of aromatic amines is 1. The molecule has 0 unspecified atom stereocenters. The number of hydrogen-bond donors (Lipinski definition) is 3. The van der Waals surface area contributed by atoms with Crippen LogP contribution in [0.1, 0.15) is 44.2 Å². The molecule has 2 heterocycles. The van der Waals surface area contributed by atoms with Gasteiger partial charge in [-0.05, 0) is 89.5 Å². The van der Waals surface area contributed by atoms with Crippen molar-refractivity contribution in [1.29, 1.82) is 0 Å². The van der Waals surface area contributed by atoms with E-state index in [4.69, 9.17) is 20.9 Å². The smallest absolute Gasteiger partial charge is 0.289 e. The zero-order chi connectivity index (χ0) is 26.4. The van der Waals surface area contributed by atoms with E-state index in [1.165, 1.54) is 18.0 Å². The molecule has 2 aromatic heterocycles. The number of benzene rings is 2. The van der Waals surface area contributed by atoms with Gasteiger partial charge in [0, 0.05) is 34.3 Å². The number of aromatic nitrogens is 2. The highest BCUT2D eigenvalue weighted by Crippen LogP contribution is 2.27. The third-order valence-corrected chi connectivity index (χ3v) is 7.36. The molecule has 8 nitrogen and oxygen atoms in total. The van der Waals surface area contributed by atoms with Crippen LogP contribution in [0.15, 0.2) is 51.6 Å². The second kappa shape index (κ2) is 12.5. The molecule has 194 valence electrons. The summed E-state index contributed by atoms with van der Waals surface area (Å²) in [5.74, 6) is 0.807. The number of fused-ring (bicyclic) bond motifs is 1. The lowest BCUT2D eigenvalue weighted by Gasteiger charge is -2.10. The van der Waals surface area contributed by atoms with Crippen LogP contribution in [-0.4, -0.2) is 40.9 Å². The highest BCUT2D eigenvalue weighted by atomic mass is 79.9. The maximum Gasteiger partial charge on any atom is 0.289 e. The normalized spacial score (nSPS) is 11.0. The summed E-state index contributed by atoms with van der Waals surface area (Å²) in [6.07, 6.45) is 1.41. The molecule has 37 heavy (non-hydrogen) atoms. The molecule has 4 rings (SSSR count). The van der Waals surface area contributed by atoms with Crippen molar-refractivity contribution in [3.05, 3.63) is 80.2 Å². The summed E-state index contributed by atoms with van der Waals surface area (Å²) in [6, 6.07) is 13.2. The lowest BCUT2D eigenvalue weighted by molar-refractivity contribution is 0.0918. The van der Waals surface area contributed by atoms with E-state index in [-0.39, 0.29) is 17.6 Å². The molecule has 0 bridgehead atoms. The van der Waals surface area contributed by atoms with Crippen LogP contribution in [0.3, 0.4) is 0 Å². The Morgan fingerprint density at radius 2 is 1.92 bits per heavy atom. The Morgan fingerprint density at radius 1 is 1.16 bits per heavy atom. The van der Waals surface area contributed by atoms with Crippen LogP contribution in [0.4, 0.5) is 0 Å². The van der Waals surface area contributed by atoms with E-state index >= 15 is 0 Å². The predicted octanol–water partition coefficient (Wildman–Crippen LogP) is 6.01. The predicted molar refractivity (Wildman–Crippen MR) is 150 cm³/mol. The fourth-order valence-electron chi connectivity index (χ4n) is 3.91. The second-order valence-electron chi connectivity index (χ2n) is 8.40. The fourth-order valence-corrected chi connectivity index (χ4v) is 4.84. The topological polar surface area (TPSA) is 109 Å². The molecule has 0 atom stereocenters. The Kier molecular flexibility index (Phi) is 9.18. The molecule has 2 amide bonds. The summed E-state index contributed by atoms with van der Waals surface area (Å²) in [5, 5.41) is 8.11. The Bertz CT molecular complexity index is 1400. The van der Waals surface area contributed by atoms with Gasteiger partial charge in [0.25, 0.3) is 11.8 Å². The standard InChI is InChI=1S/C26H26BrClN4O4S/c1-15-12-17(13-16(2)23(15)28)35-10-5-7-19-18-6-3-4-8-20(18)30-24(19)26(34)32-37-11-9-29-25(33)21-14-22(27)31-36-21/h3-4,6,8,12-14,30H,5,7,9-11H2,1-2H3,(H,29,33)(H,32,34). The van der Waals surface area contributed by atoms with Crippen LogP contribution in [0.25, 0.3) is 10.9 Å². The third kappa shape index (κ3) is 6.88. The molecular weight excluding hydrogens is 580 g/mol. The van der Waals surface area contributed by atoms with E-state index < -0.39 is 0 Å². The number of carbonyl (C=O) groups excluding carboxylic acids is 2. The summed E-state index contributed by atoms with van der Waals surface area (Å²) in [4.78, 5) is 28.2. The highest BCUT2D eigenvalue weighted by Gasteiger charge is 2.18. The second-order valence-corrected chi connectivity index (χ2v) is 10.5. The van der Waals surface area contributed by atoms with Crippen molar-refractivity contribution in [2.45, 2.75) is 26.7 Å². The van der Waals surface area contributed by atoms with E-state index in [1.54, 1.807) is 0 Å². The molecule has 0 spiro atoms. The molecule has 0 aliphatic rings. The quantitative estimate of drug-likeness (QED) is 0.143. The van der Waals surface area contributed by atoms with Crippen molar-refractivity contribution >= 4 is 62.2 Å². The average molecular weight is 606 g/mol. The Hall–Kier alpha value is -2.95. The summed E-state index contributed by atoms with van der Waals surface area (Å²) >= 11 is 10.6. The van der Waals surface area contributed by atoms with Crippen LogP contribution in [0.2, 0.25) is 5.02 Å². The van der Waals surface area contributed by atoms with Crippen LogP contribution in [0.5, 0.6) is 5.75 Å². The SMILES string of the molecule is Cc1cc(OCCCc2c(C(=O)NSCCNC(=O)c3cc(Br)no3)[nH]c3ccccc23)cc(C)c1Cl. The lowest BCUT2D eigenvalue weighted by atomic mass is 10.1. The molecule has 0 saturated carbocycles. The van der Waals surface area contributed by atoms with Gasteiger partial charge in [-0.25, -0.2) is 0 Å². The lowest BCUT2D eigenvalue weighted by Crippen LogP contribution is -2.27. The minimum Gasteiger partial charge on any atom is -0.494 e. The number of para-hydroxylation sites is 1. The Labute approximate surface area is 232 Å². The van der Waals surface area contributed by atoms with Crippen molar-refractivity contribution in [1.82, 2.24) is 20.2 Å². The van der Waals surface area contributed by atoms with E-state index in [2.05, 4.69) is 36.1 Å². The minimum atomic E-state index is -0.367. The number of carbonyl (C=O) groups is 2. The Morgan fingerprint density at radius 3 is 2.65 bits per heavy atom. The van der Waals surface area contributed by atoms with Gasteiger partial charge in [-0.2, -0.15) is 0 Å². The summed E-state index contributed by atoms with van der Waals surface area (Å²) in [7, 11) is 0. The number of hydrogen-bond acceptors (Lipinski definition) is 6. The van der Waals surface area contributed by atoms with E-state index in [0.717, 1.165) is 44.8 Å². The molecule has 2 aromatic carbocycles. The van der Waals surface area contributed by atoms with Gasteiger partial charge in [0.1, 0.15) is 16.0 Å². The van der Waals surface area contributed by atoms with Crippen molar-refractivity contribution < 1.29 is 18.8 Å². The van der Waals surface area contributed by atoms with Gasteiger partial charge >= 0.3 is 0 Å². The zero-order valence-electron chi connectivity index (χ0n) is 20.3. The van der Waals surface area contributed by atoms with E-state index in [1.807, 2.05) is 50.2 Å². The number of amides is 2. The van der Waals surface area contributed by atoms with Gasteiger partial charge in [0.15, 0.2) is 0 Å². The summed E-state index contributed by atoms with van der Waals surface area (Å²) in [6.45, 7) is 4.78. The first-order chi connectivity index (χ1) is 17.8. The van der Waals surface area contributed by atoms with Gasteiger partial charge in [0.2, 0.25) is 5.76 Å². The minimum absolute atomic E-state index is 0.119. The zero-order valence-corrected chi connectivity index (χ0v) is 23.5. The molecule has 0 saturated heterocycles. The fraction of sp³-hybridized carbons (Fsp3) is 0.269. The van der Waals surface area contributed by atoms with Crippen molar-refractivity contribution in [2.24, 2.45) is 0 Å². The molecule has 4 aromatic rings. The molecule has 3 N–H and O–H groups in total. The van der Waals surface area contributed by atoms with Crippen molar-refractivity contribution in [3.63, 3.8) is 0 Å². The number of nitrogens with one attached hydrogen (secondary N) is 3. The van der Waals surface area contributed by atoms with E-state index in [9.17, 15) is 9.59 Å². The monoisotopic (exact) mass is 604 g/mol. The first-order valence-corrected chi connectivity index (χ1v) is 13.8. The molecule has 0 radical (unpaired) electrons. The van der Waals surface area contributed by atoms with Gasteiger partial charge < -0.3 is 19.6 Å². The number of halogens is 2. The van der Waals surface area contributed by atoms with Gasteiger partial charge in [-0.1, -0.05) is 35.0 Å². The molecule has 11 heteroatoms. The summed E-state index contributed by atoms with van der Waals surface area (Å²) in [5.41, 5.74) is 4.35. The van der Waals surface area contributed by atoms with Crippen LogP contribution < -0.4 is 14.8 Å². The number of aryl methyl sites for hydroxylation is 3. The maximum atomic E-state index is 13.0. The number of rotatable bonds is 11. The largest absolute Gasteiger partial charge is 0.494 e. The van der Waals surface area contributed by atoms with Gasteiger partial charge in [0.05, 0.1) is 6.61 Å². The van der Waals surface area contributed by atoms with E-state index in [0.29, 0.717) is 35.6 Å². The molecular formula is C26H26BrClN4O4S. The highest BCUT2D eigenvalue weighted by molar-refractivity contribution is 9.10. The van der Waals surface area contributed by atoms with Crippen molar-refractivity contribution in [2.75, 3.05) is 18.9 Å². The van der Waals surface area contributed by atoms with Gasteiger partial charge in [-0.3, -0.25) is 14.3 Å². The van der Waals surface area contributed by atoms with Gasteiger partial charge in [-0.15, -0.1) is 0 Å². The summed E-state index contributed by atoms with van der Waals surface area (Å²) < 4.78 is 14.2. The van der Waals surface area contributed by atoms with Crippen LogP contribution in [-0.2, 0) is 6.42 Å². The maximum absolute atomic E-state index is 13.0. The van der Waals surface area contributed by atoms with Crippen LogP contribution >= 0.6 is 39.5 Å². The number of ether oxygens (including phenoxy) is 1. The number of H-pyrrole nitrogens is 1. The first-order valence-electron chi connectivity index (χ1n) is 11.6. The van der Waals surface area contributed by atoms with Crippen molar-refractivity contribution in [3.8, 4) is 5.75 Å². The molecule has 0 fully saturated rings. The third-order valence-electron chi connectivity index (χ3n) is 5.65. The number of nitrogens with zero attached hydrogens (tertiary/aromatic N) is 1. The molecule has 0 aliphatic heterocycles.